The molecule has 0 atom stereocenters. The second-order valence-electron chi connectivity index (χ2n) is 5.11. The van der Waals surface area contributed by atoms with Gasteiger partial charge in [-0.15, -0.1) is 0 Å². The van der Waals surface area contributed by atoms with E-state index in [1.807, 2.05) is 18.2 Å². The van der Waals surface area contributed by atoms with Crippen LogP contribution in [0.1, 0.15) is 24.8 Å². The summed E-state index contributed by atoms with van der Waals surface area (Å²) in [7, 11) is -4.23. The zero-order valence-corrected chi connectivity index (χ0v) is 13.3. The molecule has 2 aromatic carbocycles. The normalized spacial score (nSPS) is 11.2. The highest BCUT2D eigenvalue weighted by Gasteiger charge is 2.10. The van der Waals surface area contributed by atoms with Crippen molar-refractivity contribution in [2.75, 3.05) is 0 Å². The molecule has 0 bridgehead atoms. The van der Waals surface area contributed by atoms with E-state index in [-0.39, 0.29) is 16.6 Å². The lowest BCUT2D eigenvalue weighted by molar-refractivity contribution is -0.134. The number of hydrogen-bond acceptors (Lipinski definition) is 4. The van der Waals surface area contributed by atoms with Gasteiger partial charge in [-0.05, 0) is 49.1 Å². The smallest absolute Gasteiger partial charge is 0.311 e. The number of ether oxygens (including phenoxy) is 1. The van der Waals surface area contributed by atoms with E-state index in [4.69, 9.17) is 9.29 Å². The number of benzene rings is 2. The van der Waals surface area contributed by atoms with Crippen LogP contribution in [0.4, 0.5) is 0 Å². The summed E-state index contributed by atoms with van der Waals surface area (Å²) >= 11 is 0. The molecule has 0 fully saturated rings. The molecule has 0 saturated heterocycles. The van der Waals surface area contributed by atoms with Crippen molar-refractivity contribution in [1.29, 1.82) is 0 Å². The van der Waals surface area contributed by atoms with Crippen LogP contribution in [0.15, 0.2) is 59.5 Å². The average Bonchev–Trinajstić information content (AvgIpc) is 2.52. The first-order chi connectivity index (χ1) is 10.9. The molecule has 6 heteroatoms. The Kier molecular flexibility index (Phi) is 5.90. The summed E-state index contributed by atoms with van der Waals surface area (Å²) in [6, 6.07) is 15.1. The second kappa shape index (κ2) is 7.89. The van der Waals surface area contributed by atoms with Crippen molar-refractivity contribution >= 4 is 16.1 Å². The van der Waals surface area contributed by atoms with Gasteiger partial charge in [-0.1, -0.05) is 30.3 Å². The third kappa shape index (κ3) is 5.84. The summed E-state index contributed by atoms with van der Waals surface area (Å²) in [5, 5.41) is 0. The van der Waals surface area contributed by atoms with Crippen molar-refractivity contribution in [3.63, 3.8) is 0 Å². The maximum absolute atomic E-state index is 11.7. The van der Waals surface area contributed by atoms with Gasteiger partial charge in [0.05, 0.1) is 4.90 Å². The lowest BCUT2D eigenvalue weighted by Gasteiger charge is -2.05. The molecule has 23 heavy (non-hydrogen) atoms. The minimum Gasteiger partial charge on any atom is -0.427 e. The van der Waals surface area contributed by atoms with E-state index in [9.17, 15) is 13.2 Å². The van der Waals surface area contributed by atoms with Gasteiger partial charge in [-0.3, -0.25) is 9.35 Å². The van der Waals surface area contributed by atoms with Gasteiger partial charge in [0.1, 0.15) is 5.75 Å². The quantitative estimate of drug-likeness (QED) is 0.364. The molecule has 5 nitrogen and oxygen atoms in total. The van der Waals surface area contributed by atoms with Crippen LogP contribution in [0.3, 0.4) is 0 Å². The molecular weight excluding hydrogens is 316 g/mol. The Morgan fingerprint density at radius 2 is 1.61 bits per heavy atom. The largest absolute Gasteiger partial charge is 0.427 e. The molecule has 0 amide bonds. The first-order valence-electron chi connectivity index (χ1n) is 7.27. The van der Waals surface area contributed by atoms with Gasteiger partial charge in [-0.2, -0.15) is 8.42 Å². The van der Waals surface area contributed by atoms with E-state index < -0.39 is 10.1 Å². The fourth-order valence-electron chi connectivity index (χ4n) is 2.11. The number of carbonyl (C=O) groups excluding carboxylic acids is 1. The summed E-state index contributed by atoms with van der Waals surface area (Å²) in [6.07, 6.45) is 2.82. The van der Waals surface area contributed by atoms with Gasteiger partial charge >= 0.3 is 5.97 Å². The van der Waals surface area contributed by atoms with Crippen LogP contribution < -0.4 is 4.74 Å². The van der Waals surface area contributed by atoms with Crippen LogP contribution in [0.5, 0.6) is 5.75 Å². The molecule has 0 saturated carbocycles. The van der Waals surface area contributed by atoms with Crippen molar-refractivity contribution in [2.24, 2.45) is 0 Å². The van der Waals surface area contributed by atoms with Gasteiger partial charge in [0, 0.05) is 6.42 Å². The minimum atomic E-state index is -4.23. The fourth-order valence-corrected chi connectivity index (χ4v) is 2.59. The molecule has 2 rings (SSSR count). The van der Waals surface area contributed by atoms with Crippen LogP contribution in [0, 0.1) is 0 Å². The number of carbonyl (C=O) groups is 1. The van der Waals surface area contributed by atoms with Crippen LogP contribution in [-0.4, -0.2) is 18.9 Å². The number of aryl methyl sites for hydroxylation is 1. The molecule has 0 aromatic heterocycles. The van der Waals surface area contributed by atoms with Crippen molar-refractivity contribution < 1.29 is 22.5 Å². The van der Waals surface area contributed by atoms with Crippen molar-refractivity contribution in [3.8, 4) is 5.75 Å². The molecule has 122 valence electrons. The first kappa shape index (κ1) is 17.2. The summed E-state index contributed by atoms with van der Waals surface area (Å²) in [5.41, 5.74) is 1.24. The SMILES string of the molecule is O=C(CCCCc1ccccc1)Oc1ccc(S(=O)(=O)O)cc1. The zero-order valence-electron chi connectivity index (χ0n) is 12.5. The van der Waals surface area contributed by atoms with E-state index in [0.717, 1.165) is 19.3 Å². The van der Waals surface area contributed by atoms with Crippen molar-refractivity contribution in [2.45, 2.75) is 30.6 Å². The summed E-state index contributed by atoms with van der Waals surface area (Å²) in [4.78, 5) is 11.5. The lowest BCUT2D eigenvalue weighted by Crippen LogP contribution is -2.08. The average molecular weight is 334 g/mol. The molecule has 0 aliphatic carbocycles. The van der Waals surface area contributed by atoms with Crippen molar-refractivity contribution in [1.82, 2.24) is 0 Å². The Hall–Kier alpha value is -2.18. The highest BCUT2D eigenvalue weighted by atomic mass is 32.2. The molecule has 2 aromatic rings. The van der Waals surface area contributed by atoms with Crippen LogP contribution >= 0.6 is 0 Å². The van der Waals surface area contributed by atoms with E-state index in [1.165, 1.54) is 29.8 Å². The van der Waals surface area contributed by atoms with Gasteiger partial charge in [-0.25, -0.2) is 0 Å². The highest BCUT2D eigenvalue weighted by Crippen LogP contribution is 2.16. The van der Waals surface area contributed by atoms with E-state index in [0.29, 0.717) is 6.42 Å². The summed E-state index contributed by atoms with van der Waals surface area (Å²) < 4.78 is 35.8. The first-order valence-corrected chi connectivity index (χ1v) is 8.71. The van der Waals surface area contributed by atoms with Gasteiger partial charge < -0.3 is 4.74 Å². The highest BCUT2D eigenvalue weighted by molar-refractivity contribution is 7.85. The van der Waals surface area contributed by atoms with Crippen molar-refractivity contribution in [3.05, 3.63) is 60.2 Å². The Balaban J connectivity index is 1.74. The molecule has 0 unspecified atom stereocenters. The van der Waals surface area contributed by atoms with Gasteiger partial charge in [0.15, 0.2) is 0 Å². The molecule has 0 spiro atoms. The Labute approximate surface area is 135 Å². The van der Waals surface area contributed by atoms with Gasteiger partial charge in [0.25, 0.3) is 10.1 Å². The predicted molar refractivity (Wildman–Crippen MR) is 85.9 cm³/mol. The Morgan fingerprint density at radius 3 is 2.22 bits per heavy atom. The monoisotopic (exact) mass is 334 g/mol. The topological polar surface area (TPSA) is 80.7 Å². The number of hydrogen-bond donors (Lipinski definition) is 1. The number of rotatable bonds is 7. The molecule has 0 radical (unpaired) electrons. The van der Waals surface area contributed by atoms with E-state index in [1.54, 1.807) is 0 Å². The minimum absolute atomic E-state index is 0.236. The number of unbranched alkanes of at least 4 members (excludes halogenated alkanes) is 1. The fraction of sp³-hybridized carbons (Fsp3) is 0.235. The van der Waals surface area contributed by atoms with Crippen LogP contribution in [0.25, 0.3) is 0 Å². The number of esters is 1. The molecule has 0 aliphatic rings. The second-order valence-corrected chi connectivity index (χ2v) is 6.53. The molecule has 0 heterocycles. The standard InChI is InChI=1S/C17H18O5S/c18-17(9-5-4-8-14-6-2-1-3-7-14)22-15-10-12-16(13-11-15)23(19,20)21/h1-3,6-7,10-13H,4-5,8-9H2,(H,19,20,21). The molecule has 1 N–H and O–H groups in total. The third-order valence-electron chi connectivity index (χ3n) is 3.29. The third-order valence-corrected chi connectivity index (χ3v) is 4.16. The Morgan fingerprint density at radius 1 is 0.957 bits per heavy atom. The van der Waals surface area contributed by atoms with Gasteiger partial charge in [0.2, 0.25) is 0 Å². The zero-order chi connectivity index (χ0) is 16.7. The van der Waals surface area contributed by atoms with Crippen LogP contribution in [0.2, 0.25) is 0 Å². The maximum atomic E-state index is 11.7. The predicted octanol–water partition coefficient (Wildman–Crippen LogP) is 3.25. The van der Waals surface area contributed by atoms with Crippen LogP contribution in [-0.2, 0) is 21.3 Å². The Bertz CT molecular complexity index is 736. The van der Waals surface area contributed by atoms with E-state index in [2.05, 4.69) is 12.1 Å². The lowest BCUT2D eigenvalue weighted by atomic mass is 10.1. The summed E-state index contributed by atoms with van der Waals surface area (Å²) in [5.74, 6) is -0.108. The summed E-state index contributed by atoms with van der Waals surface area (Å²) in [6.45, 7) is 0. The van der Waals surface area contributed by atoms with E-state index >= 15 is 0 Å². The molecule has 0 aliphatic heterocycles. The maximum Gasteiger partial charge on any atom is 0.311 e. The molecular formula is C17H18O5S.